The lowest BCUT2D eigenvalue weighted by molar-refractivity contribution is 0.0589. The van der Waals surface area contributed by atoms with Gasteiger partial charge in [0.1, 0.15) is 6.17 Å². The predicted molar refractivity (Wildman–Crippen MR) is 103 cm³/mol. The molecule has 1 N–H and O–H groups in total. The number of hydrogen-bond acceptors (Lipinski definition) is 3. The van der Waals surface area contributed by atoms with Crippen molar-refractivity contribution in [1.29, 1.82) is 0 Å². The Balaban J connectivity index is 1.62. The molecular weight excluding hydrogens is 326 g/mol. The van der Waals surface area contributed by atoms with Crippen LogP contribution in [-0.4, -0.2) is 36.5 Å². The first-order chi connectivity index (χ1) is 12.5. The zero-order valence-electron chi connectivity index (χ0n) is 15.2. The number of aryl methyl sites for hydroxylation is 1. The maximum atomic E-state index is 12.8. The molecule has 2 amide bonds. The summed E-state index contributed by atoms with van der Waals surface area (Å²) in [6.07, 6.45) is 3.25. The van der Waals surface area contributed by atoms with Crippen molar-refractivity contribution in [2.45, 2.75) is 32.4 Å². The minimum absolute atomic E-state index is 0.0771. The molecule has 1 saturated heterocycles. The first-order valence-corrected chi connectivity index (χ1v) is 9.10. The van der Waals surface area contributed by atoms with Gasteiger partial charge in [0, 0.05) is 24.8 Å². The molecular formula is C21H23N3O2. The summed E-state index contributed by atoms with van der Waals surface area (Å²) >= 11 is 0. The van der Waals surface area contributed by atoms with Crippen LogP contribution in [-0.2, 0) is 0 Å². The maximum absolute atomic E-state index is 12.8. The second-order valence-electron chi connectivity index (χ2n) is 7.14. The monoisotopic (exact) mass is 349 g/mol. The SMILES string of the molecule is Cc1ccc(NC(=O)c2ccc3c(c2)N(C)[C@H]2CCCCN2C3=O)cc1. The van der Waals surface area contributed by atoms with Gasteiger partial charge in [-0.2, -0.15) is 0 Å². The zero-order chi connectivity index (χ0) is 18.3. The van der Waals surface area contributed by atoms with Gasteiger partial charge in [-0.25, -0.2) is 0 Å². The van der Waals surface area contributed by atoms with E-state index < -0.39 is 0 Å². The summed E-state index contributed by atoms with van der Waals surface area (Å²) in [6.45, 7) is 2.82. The number of rotatable bonds is 2. The van der Waals surface area contributed by atoms with Gasteiger partial charge in [0.25, 0.3) is 11.8 Å². The molecule has 5 nitrogen and oxygen atoms in total. The molecule has 134 valence electrons. The molecule has 26 heavy (non-hydrogen) atoms. The standard InChI is InChI=1S/C21H23N3O2/c1-14-6-9-16(10-7-14)22-20(25)15-8-11-17-18(13-15)23(2)19-5-3-4-12-24(19)21(17)26/h6-11,13,19H,3-5,12H2,1-2H3,(H,22,25)/t19-/m1/s1. The predicted octanol–water partition coefficient (Wildman–Crippen LogP) is 3.65. The van der Waals surface area contributed by atoms with Crippen molar-refractivity contribution < 1.29 is 9.59 Å². The van der Waals surface area contributed by atoms with E-state index in [1.807, 2.05) is 49.2 Å². The average molecular weight is 349 g/mol. The van der Waals surface area contributed by atoms with Crippen LogP contribution in [0.4, 0.5) is 11.4 Å². The smallest absolute Gasteiger partial charge is 0.257 e. The minimum Gasteiger partial charge on any atom is -0.354 e. The van der Waals surface area contributed by atoms with Crippen LogP contribution in [0.25, 0.3) is 0 Å². The van der Waals surface area contributed by atoms with Crippen LogP contribution in [0.5, 0.6) is 0 Å². The van der Waals surface area contributed by atoms with Crippen molar-refractivity contribution in [3.05, 3.63) is 59.2 Å². The highest BCUT2D eigenvalue weighted by Gasteiger charge is 2.37. The van der Waals surface area contributed by atoms with Gasteiger partial charge in [0.15, 0.2) is 0 Å². The number of nitrogens with one attached hydrogen (secondary N) is 1. The van der Waals surface area contributed by atoms with Gasteiger partial charge in [-0.3, -0.25) is 9.59 Å². The minimum atomic E-state index is -0.163. The Bertz CT molecular complexity index is 860. The summed E-state index contributed by atoms with van der Waals surface area (Å²) in [5.41, 5.74) is 4.00. The molecule has 5 heteroatoms. The second kappa shape index (κ2) is 6.48. The molecule has 0 spiro atoms. The number of anilines is 2. The molecule has 0 aliphatic carbocycles. The molecule has 0 radical (unpaired) electrons. The number of carbonyl (C=O) groups excluding carboxylic acids is 2. The van der Waals surface area contributed by atoms with E-state index in [1.54, 1.807) is 12.1 Å². The molecule has 0 unspecified atom stereocenters. The average Bonchev–Trinajstić information content (AvgIpc) is 2.67. The summed E-state index contributed by atoms with van der Waals surface area (Å²) < 4.78 is 0. The third kappa shape index (κ3) is 2.83. The first kappa shape index (κ1) is 16.6. The lowest BCUT2D eigenvalue weighted by Gasteiger charge is -2.46. The number of amides is 2. The van der Waals surface area contributed by atoms with Gasteiger partial charge in [0.05, 0.1) is 11.3 Å². The fourth-order valence-corrected chi connectivity index (χ4v) is 3.85. The van der Waals surface area contributed by atoms with Gasteiger partial charge in [-0.05, 0) is 56.5 Å². The van der Waals surface area contributed by atoms with E-state index in [1.165, 1.54) is 0 Å². The molecule has 2 aromatic rings. The van der Waals surface area contributed by atoms with E-state index in [0.717, 1.165) is 42.7 Å². The Morgan fingerprint density at radius 2 is 1.88 bits per heavy atom. The zero-order valence-corrected chi connectivity index (χ0v) is 15.2. The quantitative estimate of drug-likeness (QED) is 0.900. The second-order valence-corrected chi connectivity index (χ2v) is 7.14. The summed E-state index contributed by atoms with van der Waals surface area (Å²) in [6, 6.07) is 13.1. The summed E-state index contributed by atoms with van der Waals surface area (Å²) in [4.78, 5) is 29.5. The number of hydrogen-bond donors (Lipinski definition) is 1. The van der Waals surface area contributed by atoms with Crippen LogP contribution in [0.1, 0.15) is 45.5 Å². The van der Waals surface area contributed by atoms with E-state index in [0.29, 0.717) is 11.1 Å². The van der Waals surface area contributed by atoms with E-state index >= 15 is 0 Å². The van der Waals surface area contributed by atoms with Gasteiger partial charge in [0.2, 0.25) is 0 Å². The molecule has 2 heterocycles. The van der Waals surface area contributed by atoms with Crippen molar-refractivity contribution in [3.8, 4) is 0 Å². The highest BCUT2D eigenvalue weighted by molar-refractivity contribution is 6.08. The van der Waals surface area contributed by atoms with Crippen LogP contribution in [0.2, 0.25) is 0 Å². The highest BCUT2D eigenvalue weighted by atomic mass is 16.2. The molecule has 4 rings (SSSR count). The lowest BCUT2D eigenvalue weighted by Crippen LogP contribution is -2.55. The van der Waals surface area contributed by atoms with Crippen molar-refractivity contribution in [3.63, 3.8) is 0 Å². The van der Waals surface area contributed by atoms with Crippen molar-refractivity contribution in [2.75, 3.05) is 23.8 Å². The number of benzene rings is 2. The van der Waals surface area contributed by atoms with Crippen molar-refractivity contribution >= 4 is 23.2 Å². The van der Waals surface area contributed by atoms with Crippen LogP contribution in [0, 0.1) is 6.92 Å². The number of carbonyl (C=O) groups is 2. The Labute approximate surface area is 153 Å². The summed E-state index contributed by atoms with van der Waals surface area (Å²) in [5, 5.41) is 2.92. The third-order valence-electron chi connectivity index (χ3n) is 5.36. The van der Waals surface area contributed by atoms with Crippen LogP contribution in [0.15, 0.2) is 42.5 Å². The molecule has 0 bridgehead atoms. The fourth-order valence-electron chi connectivity index (χ4n) is 3.85. The van der Waals surface area contributed by atoms with E-state index in [4.69, 9.17) is 0 Å². The third-order valence-corrected chi connectivity index (χ3v) is 5.36. The molecule has 2 aliphatic rings. The van der Waals surface area contributed by atoms with Crippen LogP contribution >= 0.6 is 0 Å². The molecule has 1 atom stereocenters. The molecule has 2 aliphatic heterocycles. The van der Waals surface area contributed by atoms with E-state index in [9.17, 15) is 9.59 Å². The van der Waals surface area contributed by atoms with Crippen molar-refractivity contribution in [2.24, 2.45) is 0 Å². The molecule has 1 fully saturated rings. The Morgan fingerprint density at radius 1 is 1.12 bits per heavy atom. The Kier molecular flexibility index (Phi) is 4.15. The van der Waals surface area contributed by atoms with E-state index in [2.05, 4.69) is 10.2 Å². The largest absolute Gasteiger partial charge is 0.354 e. The van der Waals surface area contributed by atoms with Gasteiger partial charge in [-0.15, -0.1) is 0 Å². The number of piperidine rings is 1. The van der Waals surface area contributed by atoms with Gasteiger partial charge >= 0.3 is 0 Å². The summed E-state index contributed by atoms with van der Waals surface area (Å²) in [5.74, 6) is -0.0862. The topological polar surface area (TPSA) is 52.7 Å². The number of fused-ring (bicyclic) bond motifs is 2. The number of nitrogens with zero attached hydrogens (tertiary/aromatic N) is 2. The van der Waals surface area contributed by atoms with Gasteiger partial charge < -0.3 is 15.1 Å². The van der Waals surface area contributed by atoms with Gasteiger partial charge in [-0.1, -0.05) is 17.7 Å². The van der Waals surface area contributed by atoms with Crippen LogP contribution in [0.3, 0.4) is 0 Å². The molecule has 0 aromatic heterocycles. The summed E-state index contributed by atoms with van der Waals surface area (Å²) in [7, 11) is 2.01. The normalized spacial score (nSPS) is 19.0. The first-order valence-electron chi connectivity index (χ1n) is 9.10. The fraction of sp³-hybridized carbons (Fsp3) is 0.333. The Hall–Kier alpha value is -2.82. The van der Waals surface area contributed by atoms with Crippen LogP contribution < -0.4 is 10.2 Å². The highest BCUT2D eigenvalue weighted by Crippen LogP contribution is 2.34. The Morgan fingerprint density at radius 3 is 2.65 bits per heavy atom. The molecule has 2 aromatic carbocycles. The van der Waals surface area contributed by atoms with Crippen molar-refractivity contribution in [1.82, 2.24) is 4.90 Å². The van der Waals surface area contributed by atoms with E-state index in [-0.39, 0.29) is 18.0 Å². The lowest BCUT2D eigenvalue weighted by atomic mass is 9.97. The molecule has 0 saturated carbocycles. The maximum Gasteiger partial charge on any atom is 0.257 e.